The monoisotopic (exact) mass is 386 g/mol. The molecule has 1 aromatic heterocycles. The molecule has 1 saturated heterocycles. The molecule has 1 aromatic carbocycles. The fourth-order valence-electron chi connectivity index (χ4n) is 3.34. The van der Waals surface area contributed by atoms with Crippen molar-refractivity contribution in [3.05, 3.63) is 48.4 Å². The Hall–Kier alpha value is -2.67. The molecule has 2 N–H and O–H groups in total. The SMILES string of the molecule is COCCN=C(NCCc1ccco1)NC1CCN(c2ccccc2OC)C1. The molecule has 3 rings (SSSR count). The second-order valence-electron chi connectivity index (χ2n) is 6.73. The Balaban J connectivity index is 1.55. The zero-order valence-corrected chi connectivity index (χ0v) is 16.7. The van der Waals surface area contributed by atoms with E-state index < -0.39 is 0 Å². The number of ether oxygens (including phenoxy) is 2. The summed E-state index contributed by atoms with van der Waals surface area (Å²) in [6, 6.07) is 12.4. The van der Waals surface area contributed by atoms with E-state index in [4.69, 9.17) is 13.9 Å². The topological polar surface area (TPSA) is 71.3 Å². The molecule has 1 fully saturated rings. The Morgan fingerprint density at radius 1 is 1.25 bits per heavy atom. The molecule has 1 aliphatic rings. The summed E-state index contributed by atoms with van der Waals surface area (Å²) in [4.78, 5) is 6.98. The van der Waals surface area contributed by atoms with Crippen LogP contribution in [0.4, 0.5) is 5.69 Å². The molecule has 7 nitrogen and oxygen atoms in total. The predicted molar refractivity (Wildman–Crippen MR) is 111 cm³/mol. The van der Waals surface area contributed by atoms with E-state index in [0.717, 1.165) is 55.6 Å². The normalized spacial score (nSPS) is 17.0. The fourth-order valence-corrected chi connectivity index (χ4v) is 3.34. The molecule has 7 heteroatoms. The molecule has 0 amide bonds. The molecule has 0 spiro atoms. The van der Waals surface area contributed by atoms with E-state index in [9.17, 15) is 0 Å². The van der Waals surface area contributed by atoms with Gasteiger partial charge >= 0.3 is 0 Å². The van der Waals surface area contributed by atoms with E-state index in [0.29, 0.717) is 19.2 Å². The minimum atomic E-state index is 0.322. The van der Waals surface area contributed by atoms with E-state index in [2.05, 4.69) is 26.6 Å². The van der Waals surface area contributed by atoms with Gasteiger partial charge in [-0.3, -0.25) is 4.99 Å². The number of methoxy groups -OCH3 is 2. The summed E-state index contributed by atoms with van der Waals surface area (Å²) in [5.41, 5.74) is 1.14. The molecular weight excluding hydrogens is 356 g/mol. The third-order valence-electron chi connectivity index (χ3n) is 4.76. The lowest BCUT2D eigenvalue weighted by Gasteiger charge is -2.22. The smallest absolute Gasteiger partial charge is 0.191 e. The summed E-state index contributed by atoms with van der Waals surface area (Å²) >= 11 is 0. The van der Waals surface area contributed by atoms with Crippen molar-refractivity contribution in [3.63, 3.8) is 0 Å². The van der Waals surface area contributed by atoms with Gasteiger partial charge in [0.15, 0.2) is 5.96 Å². The van der Waals surface area contributed by atoms with Crippen LogP contribution in [0.3, 0.4) is 0 Å². The van der Waals surface area contributed by atoms with Gasteiger partial charge in [-0.25, -0.2) is 0 Å². The van der Waals surface area contributed by atoms with E-state index in [1.807, 2.05) is 30.3 Å². The first-order valence-corrected chi connectivity index (χ1v) is 9.74. The van der Waals surface area contributed by atoms with Crippen molar-refractivity contribution in [1.82, 2.24) is 10.6 Å². The van der Waals surface area contributed by atoms with Gasteiger partial charge in [-0.1, -0.05) is 12.1 Å². The van der Waals surface area contributed by atoms with Crippen LogP contribution in [0.1, 0.15) is 12.2 Å². The lowest BCUT2D eigenvalue weighted by atomic mass is 10.2. The van der Waals surface area contributed by atoms with Crippen molar-refractivity contribution in [2.75, 3.05) is 51.9 Å². The summed E-state index contributed by atoms with van der Waals surface area (Å²) in [6.45, 7) is 3.87. The number of anilines is 1. The van der Waals surface area contributed by atoms with Gasteiger partial charge < -0.3 is 29.4 Å². The Labute approximate surface area is 166 Å². The molecule has 1 aliphatic heterocycles. The predicted octanol–water partition coefficient (Wildman–Crippen LogP) is 2.29. The molecule has 0 radical (unpaired) electrons. The van der Waals surface area contributed by atoms with Crippen LogP contribution in [0.2, 0.25) is 0 Å². The van der Waals surface area contributed by atoms with Crippen molar-refractivity contribution in [1.29, 1.82) is 0 Å². The number of hydrogen-bond donors (Lipinski definition) is 2. The third-order valence-corrected chi connectivity index (χ3v) is 4.76. The molecule has 0 bridgehead atoms. The zero-order valence-electron chi connectivity index (χ0n) is 16.7. The van der Waals surface area contributed by atoms with Crippen LogP contribution in [0, 0.1) is 0 Å². The van der Waals surface area contributed by atoms with Crippen LogP contribution in [0.5, 0.6) is 5.75 Å². The van der Waals surface area contributed by atoms with E-state index >= 15 is 0 Å². The average Bonchev–Trinajstić information content (AvgIpc) is 3.40. The van der Waals surface area contributed by atoms with Gasteiger partial charge in [-0.05, 0) is 30.7 Å². The summed E-state index contributed by atoms with van der Waals surface area (Å²) in [5, 5.41) is 6.96. The first kappa shape index (κ1) is 20.1. The highest BCUT2D eigenvalue weighted by atomic mass is 16.5. The number of benzene rings is 1. The maximum atomic E-state index is 5.51. The Morgan fingerprint density at radius 3 is 2.93 bits per heavy atom. The van der Waals surface area contributed by atoms with Gasteiger partial charge in [-0.2, -0.15) is 0 Å². The van der Waals surface area contributed by atoms with Gasteiger partial charge in [0.1, 0.15) is 11.5 Å². The minimum Gasteiger partial charge on any atom is -0.495 e. The minimum absolute atomic E-state index is 0.322. The molecule has 1 unspecified atom stereocenters. The van der Waals surface area contributed by atoms with Gasteiger partial charge in [0, 0.05) is 39.2 Å². The molecule has 152 valence electrons. The van der Waals surface area contributed by atoms with Crippen molar-refractivity contribution in [2.24, 2.45) is 4.99 Å². The summed E-state index contributed by atoms with van der Waals surface area (Å²) in [7, 11) is 3.41. The maximum Gasteiger partial charge on any atom is 0.191 e. The van der Waals surface area contributed by atoms with Gasteiger partial charge in [0.2, 0.25) is 0 Å². The van der Waals surface area contributed by atoms with E-state index in [1.54, 1.807) is 20.5 Å². The quantitative estimate of drug-likeness (QED) is 0.391. The second kappa shape index (κ2) is 10.6. The van der Waals surface area contributed by atoms with Crippen LogP contribution >= 0.6 is 0 Å². The highest BCUT2D eigenvalue weighted by Crippen LogP contribution is 2.30. The highest BCUT2D eigenvalue weighted by Gasteiger charge is 2.25. The molecule has 1 atom stereocenters. The lowest BCUT2D eigenvalue weighted by molar-refractivity contribution is 0.208. The Morgan fingerprint density at radius 2 is 2.14 bits per heavy atom. The molecular formula is C21H30N4O3. The van der Waals surface area contributed by atoms with Crippen molar-refractivity contribution < 1.29 is 13.9 Å². The summed E-state index contributed by atoms with van der Waals surface area (Å²) in [6.07, 6.45) is 3.56. The number of aliphatic imine (C=N–C) groups is 1. The number of nitrogens with zero attached hydrogens (tertiary/aromatic N) is 2. The first-order valence-electron chi connectivity index (χ1n) is 9.74. The first-order chi connectivity index (χ1) is 13.8. The van der Waals surface area contributed by atoms with E-state index in [1.165, 1.54) is 0 Å². The van der Waals surface area contributed by atoms with Crippen molar-refractivity contribution in [3.8, 4) is 5.75 Å². The lowest BCUT2D eigenvalue weighted by Crippen LogP contribution is -2.45. The van der Waals surface area contributed by atoms with Gasteiger partial charge in [-0.15, -0.1) is 0 Å². The second-order valence-corrected chi connectivity index (χ2v) is 6.73. The summed E-state index contributed by atoms with van der Waals surface area (Å²) in [5.74, 6) is 2.69. The van der Waals surface area contributed by atoms with Gasteiger partial charge in [0.25, 0.3) is 0 Å². The van der Waals surface area contributed by atoms with Crippen LogP contribution in [-0.2, 0) is 11.2 Å². The van der Waals surface area contributed by atoms with Crippen molar-refractivity contribution in [2.45, 2.75) is 18.9 Å². The molecule has 2 heterocycles. The Kier molecular flexibility index (Phi) is 7.61. The van der Waals surface area contributed by atoms with Crippen LogP contribution in [0.25, 0.3) is 0 Å². The van der Waals surface area contributed by atoms with Crippen molar-refractivity contribution >= 4 is 11.6 Å². The fraction of sp³-hybridized carbons (Fsp3) is 0.476. The molecule has 0 saturated carbocycles. The van der Waals surface area contributed by atoms with E-state index in [-0.39, 0.29) is 0 Å². The zero-order chi connectivity index (χ0) is 19.6. The van der Waals surface area contributed by atoms with Crippen LogP contribution < -0.4 is 20.3 Å². The number of nitrogens with one attached hydrogen (secondary N) is 2. The van der Waals surface area contributed by atoms with Crippen LogP contribution in [-0.4, -0.2) is 59.0 Å². The number of hydrogen-bond acceptors (Lipinski definition) is 5. The van der Waals surface area contributed by atoms with Gasteiger partial charge in [0.05, 0.1) is 32.2 Å². The largest absolute Gasteiger partial charge is 0.495 e. The standard InChI is InChI=1S/C21H30N4O3/c1-26-15-12-23-21(22-11-9-18-6-5-14-28-18)24-17-10-13-25(16-17)19-7-3-4-8-20(19)27-2/h3-8,14,17H,9-13,15-16H2,1-2H3,(H2,22,23,24). The average molecular weight is 386 g/mol. The molecule has 28 heavy (non-hydrogen) atoms. The molecule has 0 aliphatic carbocycles. The summed E-state index contributed by atoms with van der Waals surface area (Å²) < 4.78 is 16.0. The van der Waals surface area contributed by atoms with Crippen LogP contribution in [0.15, 0.2) is 52.1 Å². The maximum absolute atomic E-state index is 5.51. The third kappa shape index (κ3) is 5.66. The Bertz CT molecular complexity index is 733. The number of furan rings is 1. The molecule has 2 aromatic rings. The number of rotatable bonds is 9. The number of para-hydroxylation sites is 2. The number of guanidine groups is 1. The highest BCUT2D eigenvalue weighted by molar-refractivity contribution is 5.80.